The van der Waals surface area contributed by atoms with Gasteiger partial charge in [0.2, 0.25) is 0 Å². The summed E-state index contributed by atoms with van der Waals surface area (Å²) in [6.07, 6.45) is 2.87. The topological polar surface area (TPSA) is 85.2 Å². The van der Waals surface area contributed by atoms with Crippen LogP contribution in [0.4, 0.5) is 14.9 Å². The summed E-state index contributed by atoms with van der Waals surface area (Å²) in [6.45, 7) is 7.46. The first-order chi connectivity index (χ1) is 16.2. The molecule has 2 N–H and O–H groups in total. The van der Waals surface area contributed by atoms with E-state index in [1.54, 1.807) is 32.9 Å². The van der Waals surface area contributed by atoms with Crippen LogP contribution in [0.15, 0.2) is 47.3 Å². The molecule has 1 amide bonds. The number of alkyl carbamates (subject to hydrolysis) is 1. The highest BCUT2D eigenvalue weighted by Crippen LogP contribution is 2.40. The molecule has 1 aliphatic rings. The van der Waals surface area contributed by atoms with Crippen molar-refractivity contribution in [3.8, 4) is 0 Å². The SMILES string of the molecule is CCCc1cccc2nc([C@@H](NC(=O)OC(C)(C)C)C3CC3)n(Nc3ccc(F)cc3)c(=O)c12. The van der Waals surface area contributed by atoms with Crippen LogP contribution in [0.5, 0.6) is 0 Å². The number of rotatable bonds is 7. The van der Waals surface area contributed by atoms with Gasteiger partial charge in [-0.2, -0.15) is 0 Å². The van der Waals surface area contributed by atoms with E-state index in [2.05, 4.69) is 17.7 Å². The zero-order valence-corrected chi connectivity index (χ0v) is 20.0. The molecule has 1 saturated carbocycles. The summed E-state index contributed by atoms with van der Waals surface area (Å²) in [5.74, 6) is 0.156. The maximum absolute atomic E-state index is 13.8. The summed E-state index contributed by atoms with van der Waals surface area (Å²) in [6, 6.07) is 10.9. The van der Waals surface area contributed by atoms with Crippen molar-refractivity contribution < 1.29 is 13.9 Å². The van der Waals surface area contributed by atoms with Gasteiger partial charge in [0.05, 0.1) is 22.6 Å². The van der Waals surface area contributed by atoms with E-state index in [1.807, 2.05) is 18.2 Å². The molecular formula is C26H31FN4O3. The minimum absolute atomic E-state index is 0.136. The lowest BCUT2D eigenvalue weighted by molar-refractivity contribution is 0.0493. The van der Waals surface area contributed by atoms with Crippen molar-refractivity contribution >= 4 is 22.7 Å². The number of benzene rings is 2. The molecule has 0 radical (unpaired) electrons. The largest absolute Gasteiger partial charge is 0.444 e. The minimum atomic E-state index is -0.657. The van der Waals surface area contributed by atoms with Crippen LogP contribution < -0.4 is 16.3 Å². The van der Waals surface area contributed by atoms with Gasteiger partial charge in [-0.25, -0.2) is 18.8 Å². The number of amides is 1. The van der Waals surface area contributed by atoms with E-state index in [1.165, 1.54) is 16.8 Å². The Morgan fingerprint density at radius 1 is 1.21 bits per heavy atom. The number of nitrogens with one attached hydrogen (secondary N) is 2. The summed E-state index contributed by atoms with van der Waals surface area (Å²) < 4.78 is 20.3. The van der Waals surface area contributed by atoms with Gasteiger partial charge in [0.15, 0.2) is 5.82 Å². The zero-order valence-electron chi connectivity index (χ0n) is 20.0. The quantitative estimate of drug-likeness (QED) is 0.491. The third-order valence-electron chi connectivity index (χ3n) is 5.66. The van der Waals surface area contributed by atoms with Crippen molar-refractivity contribution in [1.29, 1.82) is 0 Å². The molecular weight excluding hydrogens is 435 g/mol. The Hall–Kier alpha value is -3.42. The number of nitrogens with zero attached hydrogens (tertiary/aromatic N) is 2. The van der Waals surface area contributed by atoms with Gasteiger partial charge in [0.25, 0.3) is 5.56 Å². The van der Waals surface area contributed by atoms with E-state index in [0.717, 1.165) is 31.2 Å². The lowest BCUT2D eigenvalue weighted by Crippen LogP contribution is -2.40. The first-order valence-corrected chi connectivity index (χ1v) is 11.7. The predicted octanol–water partition coefficient (Wildman–Crippen LogP) is 5.34. The lowest BCUT2D eigenvalue weighted by Gasteiger charge is -2.26. The molecule has 34 heavy (non-hydrogen) atoms. The second-order valence-corrected chi connectivity index (χ2v) is 9.75. The van der Waals surface area contributed by atoms with Gasteiger partial charge < -0.3 is 10.1 Å². The number of aromatic nitrogens is 2. The van der Waals surface area contributed by atoms with Crippen molar-refractivity contribution in [2.24, 2.45) is 5.92 Å². The minimum Gasteiger partial charge on any atom is -0.444 e. The fraction of sp³-hybridized carbons (Fsp3) is 0.423. The van der Waals surface area contributed by atoms with Gasteiger partial charge in [-0.1, -0.05) is 25.5 Å². The standard InChI is InChI=1S/C26H31FN4O3/c1-5-7-16-8-6-9-20-21(16)24(32)31(30-19-14-12-18(27)13-15-19)23(28-20)22(17-10-11-17)29-25(33)34-26(2,3)4/h6,8-9,12-15,17,22,30H,5,7,10-11H2,1-4H3,(H,29,33)/t22-/m0/s1. The van der Waals surface area contributed by atoms with Crippen molar-refractivity contribution in [3.05, 3.63) is 70.0 Å². The van der Waals surface area contributed by atoms with Crippen LogP contribution in [0.25, 0.3) is 10.9 Å². The number of carbonyl (C=O) groups is 1. The third kappa shape index (κ3) is 5.38. The molecule has 0 unspecified atom stereocenters. The van der Waals surface area contributed by atoms with Gasteiger partial charge in [-0.05, 0) is 81.8 Å². The Morgan fingerprint density at radius 2 is 1.91 bits per heavy atom. The van der Waals surface area contributed by atoms with Gasteiger partial charge in [-0.3, -0.25) is 10.2 Å². The fourth-order valence-corrected chi connectivity index (χ4v) is 4.02. The molecule has 1 aliphatic carbocycles. The van der Waals surface area contributed by atoms with Crippen molar-refractivity contribution in [3.63, 3.8) is 0 Å². The Balaban J connectivity index is 1.85. The highest BCUT2D eigenvalue weighted by Gasteiger charge is 2.38. The molecule has 1 heterocycles. The predicted molar refractivity (Wildman–Crippen MR) is 130 cm³/mol. The molecule has 0 spiro atoms. The lowest BCUT2D eigenvalue weighted by atomic mass is 10.0. The fourth-order valence-electron chi connectivity index (χ4n) is 4.02. The molecule has 1 atom stereocenters. The second kappa shape index (κ2) is 9.44. The van der Waals surface area contributed by atoms with E-state index in [4.69, 9.17) is 9.72 Å². The highest BCUT2D eigenvalue weighted by atomic mass is 19.1. The number of fused-ring (bicyclic) bond motifs is 1. The van der Waals surface area contributed by atoms with Crippen molar-refractivity contribution in [2.45, 2.75) is 65.0 Å². The Morgan fingerprint density at radius 3 is 2.53 bits per heavy atom. The normalized spacial score (nSPS) is 14.6. The molecule has 8 heteroatoms. The summed E-state index contributed by atoms with van der Waals surface area (Å²) in [4.78, 5) is 31.3. The Labute approximate surface area is 198 Å². The molecule has 7 nitrogen and oxygen atoms in total. The summed E-state index contributed by atoms with van der Waals surface area (Å²) in [5, 5.41) is 3.47. The molecule has 1 aromatic heterocycles. The summed E-state index contributed by atoms with van der Waals surface area (Å²) >= 11 is 0. The third-order valence-corrected chi connectivity index (χ3v) is 5.66. The monoisotopic (exact) mass is 466 g/mol. The number of halogens is 1. The molecule has 0 aliphatic heterocycles. The molecule has 3 aromatic rings. The number of hydrogen-bond donors (Lipinski definition) is 2. The highest BCUT2D eigenvalue weighted by molar-refractivity contribution is 5.81. The van der Waals surface area contributed by atoms with Gasteiger partial charge >= 0.3 is 6.09 Å². The van der Waals surface area contributed by atoms with E-state index < -0.39 is 17.7 Å². The number of ether oxygens (including phenoxy) is 1. The first-order valence-electron chi connectivity index (χ1n) is 11.7. The Kier molecular flexibility index (Phi) is 6.59. The van der Waals surface area contributed by atoms with Crippen LogP contribution in [-0.2, 0) is 11.2 Å². The second-order valence-electron chi connectivity index (χ2n) is 9.75. The van der Waals surface area contributed by atoms with Gasteiger partial charge in [0, 0.05) is 0 Å². The van der Waals surface area contributed by atoms with Crippen LogP contribution in [0.3, 0.4) is 0 Å². The number of hydrogen-bond acceptors (Lipinski definition) is 5. The van der Waals surface area contributed by atoms with Gasteiger partial charge in [-0.15, -0.1) is 0 Å². The molecule has 2 aromatic carbocycles. The van der Waals surface area contributed by atoms with Crippen molar-refractivity contribution in [1.82, 2.24) is 15.0 Å². The zero-order chi connectivity index (χ0) is 24.5. The first kappa shape index (κ1) is 23.7. The van der Waals surface area contributed by atoms with E-state index >= 15 is 0 Å². The number of carbonyl (C=O) groups excluding carboxylic acids is 1. The van der Waals surface area contributed by atoms with Gasteiger partial charge in [0.1, 0.15) is 11.4 Å². The maximum atomic E-state index is 13.8. The molecule has 180 valence electrons. The van der Waals surface area contributed by atoms with Crippen LogP contribution in [-0.4, -0.2) is 21.4 Å². The molecule has 4 rings (SSSR count). The van der Waals surface area contributed by atoms with Crippen LogP contribution in [0.2, 0.25) is 0 Å². The van der Waals surface area contributed by atoms with E-state index in [0.29, 0.717) is 22.4 Å². The van der Waals surface area contributed by atoms with Crippen LogP contribution >= 0.6 is 0 Å². The number of anilines is 1. The van der Waals surface area contributed by atoms with E-state index in [-0.39, 0.29) is 17.3 Å². The smallest absolute Gasteiger partial charge is 0.408 e. The van der Waals surface area contributed by atoms with Crippen molar-refractivity contribution in [2.75, 3.05) is 5.43 Å². The molecule has 0 saturated heterocycles. The van der Waals surface area contributed by atoms with Crippen LogP contribution in [0.1, 0.15) is 64.4 Å². The average Bonchev–Trinajstić information content (AvgIpc) is 3.60. The van der Waals surface area contributed by atoms with Crippen LogP contribution in [0, 0.1) is 11.7 Å². The Bertz CT molecular complexity index is 1240. The summed E-state index contributed by atoms with van der Waals surface area (Å²) in [5.41, 5.74) is 4.22. The molecule has 0 bridgehead atoms. The molecule has 1 fully saturated rings. The number of aryl methyl sites for hydroxylation is 1. The van der Waals surface area contributed by atoms with E-state index in [9.17, 15) is 14.0 Å². The maximum Gasteiger partial charge on any atom is 0.408 e. The summed E-state index contributed by atoms with van der Waals surface area (Å²) in [7, 11) is 0. The average molecular weight is 467 g/mol.